The number of rotatable bonds is 3. The molecule has 0 aliphatic heterocycles. The second-order valence-corrected chi connectivity index (χ2v) is 3.76. The van der Waals surface area contributed by atoms with Crippen LogP contribution in [0.2, 0.25) is 0 Å². The molecule has 0 unspecified atom stereocenters. The third-order valence-electron chi connectivity index (χ3n) is 1.11. The molecule has 0 rings (SSSR count). The highest BCUT2D eigenvalue weighted by atomic mass is 79.9. The van der Waals surface area contributed by atoms with Gasteiger partial charge in [0, 0.05) is 14.2 Å². The van der Waals surface area contributed by atoms with E-state index < -0.39 is 0 Å². The van der Waals surface area contributed by atoms with Crippen molar-refractivity contribution in [3.63, 3.8) is 0 Å². The van der Waals surface area contributed by atoms with Crippen molar-refractivity contribution in [1.82, 2.24) is 0 Å². The van der Waals surface area contributed by atoms with E-state index in [4.69, 9.17) is 9.47 Å². The van der Waals surface area contributed by atoms with Gasteiger partial charge in [-0.1, -0.05) is 15.9 Å². The van der Waals surface area contributed by atoms with E-state index in [0.717, 1.165) is 15.6 Å². The molecule has 4 heteroatoms. The van der Waals surface area contributed by atoms with Gasteiger partial charge in [0.25, 0.3) is 0 Å². The van der Waals surface area contributed by atoms with E-state index in [1.807, 2.05) is 0 Å². The first-order valence-corrected chi connectivity index (χ1v) is 4.47. The van der Waals surface area contributed by atoms with E-state index in [0.29, 0.717) is 0 Å². The quantitative estimate of drug-likeness (QED) is 0.353. The molecule has 0 radical (unpaired) electrons. The van der Waals surface area contributed by atoms with Crippen LogP contribution in [-0.4, -0.2) is 35.2 Å². The fourth-order valence-electron chi connectivity index (χ4n) is 0.192. The Hall–Kier alpha value is 0.617. The van der Waals surface area contributed by atoms with Crippen molar-refractivity contribution in [2.45, 2.75) is 5.41 Å². The molecule has 0 fully saturated rings. The topological polar surface area (TPSA) is 18.5 Å². The highest BCUT2D eigenvalue weighted by molar-refractivity contribution is 9.09. The summed E-state index contributed by atoms with van der Waals surface area (Å²) < 4.78 is 10.1. The van der Waals surface area contributed by atoms with E-state index in [2.05, 4.69) is 15.9 Å². The molecule has 0 heterocycles. The maximum absolute atomic E-state index is 5.03. The van der Waals surface area contributed by atoms with Crippen LogP contribution in [0.15, 0.2) is 0 Å². The second-order valence-electron chi connectivity index (χ2n) is 1.68. The van der Waals surface area contributed by atoms with E-state index in [9.17, 15) is 0 Å². The first-order valence-electron chi connectivity index (χ1n) is 2.35. The van der Waals surface area contributed by atoms with Crippen LogP contribution in [-0.2, 0) is 9.47 Å². The largest absolute Gasteiger partial charge is 0.357 e. The summed E-state index contributed by atoms with van der Waals surface area (Å²) in [5.74, 6) is 0. The maximum atomic E-state index is 5.03. The molecule has 0 bridgehead atoms. The molecule has 0 aromatic heterocycles. The summed E-state index contributed by atoms with van der Waals surface area (Å²) >= 11 is 3.28. The molecule has 8 heavy (non-hydrogen) atoms. The SMILES string of the molecule is COC([SiH3])(CBr)OC. The van der Waals surface area contributed by atoms with Gasteiger partial charge in [-0.2, -0.15) is 0 Å². The van der Waals surface area contributed by atoms with Gasteiger partial charge in [-0.25, -0.2) is 0 Å². The van der Waals surface area contributed by atoms with Gasteiger partial charge in [-0.05, 0) is 0 Å². The first-order chi connectivity index (χ1) is 3.68. The zero-order valence-electron chi connectivity index (χ0n) is 5.40. The minimum Gasteiger partial charge on any atom is -0.357 e. The molecule has 0 aliphatic rings. The molecular weight excluding hydrogens is 188 g/mol. The summed E-state index contributed by atoms with van der Waals surface area (Å²) in [7, 11) is 4.18. The number of alkyl halides is 1. The number of hydrogen-bond donors (Lipinski definition) is 0. The molecule has 0 saturated carbocycles. The zero-order chi connectivity index (χ0) is 6.62. The number of ether oxygens (including phenoxy) is 2. The lowest BCUT2D eigenvalue weighted by Gasteiger charge is -2.23. The predicted molar refractivity (Wildman–Crippen MR) is 40.5 cm³/mol. The van der Waals surface area contributed by atoms with Crippen molar-refractivity contribution in [2.75, 3.05) is 19.5 Å². The van der Waals surface area contributed by atoms with Crippen molar-refractivity contribution < 1.29 is 9.47 Å². The Kier molecular flexibility index (Phi) is 3.88. The van der Waals surface area contributed by atoms with E-state index in [1.54, 1.807) is 14.2 Å². The highest BCUT2D eigenvalue weighted by Crippen LogP contribution is 2.07. The molecule has 0 aromatic carbocycles. The van der Waals surface area contributed by atoms with Gasteiger partial charge in [0.05, 0.1) is 15.6 Å². The van der Waals surface area contributed by atoms with E-state index in [1.165, 1.54) is 0 Å². The Bertz CT molecular complexity index is 56.8. The number of halogens is 1. The fourth-order valence-corrected chi connectivity index (χ4v) is 0.650. The maximum Gasteiger partial charge on any atom is 0.150 e. The average molecular weight is 199 g/mol. The van der Waals surface area contributed by atoms with Crippen molar-refractivity contribution >= 4 is 26.2 Å². The minimum absolute atomic E-state index is 0.319. The Morgan fingerprint density at radius 2 is 1.88 bits per heavy atom. The third-order valence-corrected chi connectivity index (χ3v) is 4.33. The van der Waals surface area contributed by atoms with Gasteiger partial charge in [0.15, 0.2) is 0 Å². The minimum atomic E-state index is -0.319. The van der Waals surface area contributed by atoms with E-state index >= 15 is 0 Å². The number of hydrogen-bond acceptors (Lipinski definition) is 2. The molecule has 2 nitrogen and oxygen atoms in total. The van der Waals surface area contributed by atoms with Crippen LogP contribution < -0.4 is 0 Å². The molecule has 50 valence electrons. The third kappa shape index (κ3) is 2.26. The monoisotopic (exact) mass is 198 g/mol. The van der Waals surface area contributed by atoms with Gasteiger partial charge in [0.1, 0.15) is 5.41 Å². The van der Waals surface area contributed by atoms with Gasteiger partial charge in [0.2, 0.25) is 0 Å². The molecule has 0 aliphatic carbocycles. The van der Waals surface area contributed by atoms with Crippen LogP contribution in [0.4, 0.5) is 0 Å². The first kappa shape index (κ1) is 8.62. The van der Waals surface area contributed by atoms with Gasteiger partial charge < -0.3 is 9.47 Å². The van der Waals surface area contributed by atoms with Gasteiger partial charge in [-0.3, -0.25) is 0 Å². The molecule has 0 saturated heterocycles. The van der Waals surface area contributed by atoms with Crippen LogP contribution in [0.5, 0.6) is 0 Å². The van der Waals surface area contributed by atoms with Gasteiger partial charge >= 0.3 is 0 Å². The fraction of sp³-hybridized carbons (Fsp3) is 1.00. The Morgan fingerprint density at radius 3 is 1.88 bits per heavy atom. The standard InChI is InChI=1S/C4H11BrO2Si/c1-6-4(8,3-5)7-2/h3H2,1-2,8H3. The molecule has 0 amide bonds. The Balaban J connectivity index is 3.58. The predicted octanol–water partition coefficient (Wildman–Crippen LogP) is -0.307. The van der Waals surface area contributed by atoms with Crippen LogP contribution in [0.3, 0.4) is 0 Å². The Labute approximate surface area is 61.1 Å². The molecule has 0 atom stereocenters. The summed E-state index contributed by atoms with van der Waals surface area (Å²) in [5.41, 5.74) is -0.319. The zero-order valence-corrected chi connectivity index (χ0v) is 8.99. The molecule has 0 spiro atoms. The van der Waals surface area contributed by atoms with Crippen molar-refractivity contribution in [1.29, 1.82) is 0 Å². The van der Waals surface area contributed by atoms with E-state index in [-0.39, 0.29) is 5.41 Å². The summed E-state index contributed by atoms with van der Waals surface area (Å²) in [4.78, 5) is 0. The van der Waals surface area contributed by atoms with Crippen molar-refractivity contribution in [3.8, 4) is 0 Å². The van der Waals surface area contributed by atoms with Crippen molar-refractivity contribution in [3.05, 3.63) is 0 Å². The van der Waals surface area contributed by atoms with Crippen LogP contribution in [0.25, 0.3) is 0 Å². The lowest BCUT2D eigenvalue weighted by Crippen LogP contribution is -2.35. The molecular formula is C4H11BrO2Si. The molecule has 0 aromatic rings. The lowest BCUT2D eigenvalue weighted by molar-refractivity contribution is -0.123. The highest BCUT2D eigenvalue weighted by Gasteiger charge is 2.19. The summed E-state index contributed by atoms with van der Waals surface area (Å²) in [5, 5.41) is 0.749. The van der Waals surface area contributed by atoms with Gasteiger partial charge in [-0.15, -0.1) is 0 Å². The van der Waals surface area contributed by atoms with Crippen LogP contribution in [0.1, 0.15) is 0 Å². The summed E-state index contributed by atoms with van der Waals surface area (Å²) in [6, 6.07) is 0. The normalized spacial score (nSPS) is 12.4. The van der Waals surface area contributed by atoms with Crippen LogP contribution >= 0.6 is 15.9 Å². The second kappa shape index (κ2) is 3.61. The van der Waals surface area contributed by atoms with Crippen LogP contribution in [0, 0.1) is 0 Å². The smallest absolute Gasteiger partial charge is 0.150 e. The molecule has 0 N–H and O–H groups in total. The summed E-state index contributed by atoms with van der Waals surface area (Å²) in [6.45, 7) is 0. The average Bonchev–Trinajstić information content (AvgIpc) is 1.87. The summed E-state index contributed by atoms with van der Waals surface area (Å²) in [6.07, 6.45) is 0. The lowest BCUT2D eigenvalue weighted by atomic mass is 10.7. The number of methoxy groups -OCH3 is 2. The Morgan fingerprint density at radius 1 is 1.50 bits per heavy atom. The van der Waals surface area contributed by atoms with Crippen molar-refractivity contribution in [2.24, 2.45) is 0 Å².